The van der Waals surface area contributed by atoms with Crippen molar-refractivity contribution in [2.75, 3.05) is 0 Å². The van der Waals surface area contributed by atoms with Crippen molar-refractivity contribution in [3.05, 3.63) is 36.2 Å². The molecule has 0 saturated carbocycles. The van der Waals surface area contributed by atoms with Crippen LogP contribution < -0.4 is 5.73 Å². The summed E-state index contributed by atoms with van der Waals surface area (Å²) in [4.78, 5) is 8.55. The summed E-state index contributed by atoms with van der Waals surface area (Å²) in [5.41, 5.74) is 8.91. The normalized spacial score (nSPS) is 13.0. The van der Waals surface area contributed by atoms with Crippen LogP contribution in [-0.2, 0) is 0 Å². The van der Waals surface area contributed by atoms with E-state index in [-0.39, 0.29) is 6.04 Å². The molecule has 1 heterocycles. The fourth-order valence-corrected chi connectivity index (χ4v) is 1.53. The van der Waals surface area contributed by atoms with Crippen LogP contribution in [0.3, 0.4) is 0 Å². The minimum absolute atomic E-state index is 0.0513. The van der Waals surface area contributed by atoms with Gasteiger partial charge in [-0.25, -0.2) is 0 Å². The highest BCUT2D eigenvalue weighted by Gasteiger charge is 2.08. The maximum Gasteiger partial charge on any atom is 0.0934 e. The molecule has 14 heavy (non-hydrogen) atoms. The monoisotopic (exact) mass is 187 g/mol. The standard InChI is InChI=1S/C11H13N3/c1-2-9(12)8-4-3-5-10-11(8)14-7-6-13-10/h3-7,9H,2,12H2,1H3/t9-/m0/s1. The average molecular weight is 187 g/mol. The number of para-hydroxylation sites is 1. The highest BCUT2D eigenvalue weighted by Crippen LogP contribution is 2.20. The van der Waals surface area contributed by atoms with Crippen LogP contribution in [0.2, 0.25) is 0 Å². The lowest BCUT2D eigenvalue weighted by atomic mass is 10.0. The third kappa shape index (κ3) is 1.46. The van der Waals surface area contributed by atoms with Gasteiger partial charge in [-0.05, 0) is 18.1 Å². The molecular weight excluding hydrogens is 174 g/mol. The lowest BCUT2D eigenvalue weighted by Gasteiger charge is -2.10. The maximum absolute atomic E-state index is 5.99. The van der Waals surface area contributed by atoms with Gasteiger partial charge in [-0.15, -0.1) is 0 Å². The second-order valence-corrected chi connectivity index (χ2v) is 3.29. The smallest absolute Gasteiger partial charge is 0.0934 e. The van der Waals surface area contributed by atoms with Crippen LogP contribution in [0.15, 0.2) is 30.6 Å². The molecule has 0 amide bonds. The minimum atomic E-state index is 0.0513. The molecule has 0 bridgehead atoms. The molecule has 1 aromatic heterocycles. The maximum atomic E-state index is 5.99. The molecule has 3 nitrogen and oxygen atoms in total. The first kappa shape index (κ1) is 9.09. The summed E-state index contributed by atoms with van der Waals surface area (Å²) in [5.74, 6) is 0. The Bertz CT molecular complexity index is 434. The first-order valence-corrected chi connectivity index (χ1v) is 4.78. The zero-order valence-corrected chi connectivity index (χ0v) is 8.14. The summed E-state index contributed by atoms with van der Waals surface area (Å²) < 4.78 is 0. The lowest BCUT2D eigenvalue weighted by Crippen LogP contribution is -2.09. The third-order valence-electron chi connectivity index (χ3n) is 2.37. The van der Waals surface area contributed by atoms with Crippen LogP contribution in [0.1, 0.15) is 24.9 Å². The van der Waals surface area contributed by atoms with Crippen LogP contribution in [0.4, 0.5) is 0 Å². The minimum Gasteiger partial charge on any atom is -0.324 e. The van der Waals surface area contributed by atoms with Crippen LogP contribution >= 0.6 is 0 Å². The fraction of sp³-hybridized carbons (Fsp3) is 0.273. The van der Waals surface area contributed by atoms with Crippen molar-refractivity contribution in [2.45, 2.75) is 19.4 Å². The van der Waals surface area contributed by atoms with E-state index in [0.29, 0.717) is 0 Å². The van der Waals surface area contributed by atoms with E-state index in [4.69, 9.17) is 5.73 Å². The van der Waals surface area contributed by atoms with Gasteiger partial charge in [0.15, 0.2) is 0 Å². The van der Waals surface area contributed by atoms with Crippen molar-refractivity contribution in [3.8, 4) is 0 Å². The second-order valence-electron chi connectivity index (χ2n) is 3.29. The number of hydrogen-bond donors (Lipinski definition) is 1. The van der Waals surface area contributed by atoms with E-state index >= 15 is 0 Å². The average Bonchev–Trinajstić information content (AvgIpc) is 2.27. The van der Waals surface area contributed by atoms with Crippen molar-refractivity contribution < 1.29 is 0 Å². The topological polar surface area (TPSA) is 51.8 Å². The molecule has 3 heteroatoms. The molecule has 2 aromatic rings. The van der Waals surface area contributed by atoms with E-state index in [9.17, 15) is 0 Å². The van der Waals surface area contributed by atoms with E-state index in [1.165, 1.54) is 0 Å². The molecule has 2 N–H and O–H groups in total. The highest BCUT2D eigenvalue weighted by molar-refractivity contribution is 5.77. The molecule has 0 fully saturated rings. The van der Waals surface area contributed by atoms with Crippen LogP contribution in [-0.4, -0.2) is 9.97 Å². The van der Waals surface area contributed by atoms with Crippen molar-refractivity contribution in [3.63, 3.8) is 0 Å². The summed E-state index contributed by atoms with van der Waals surface area (Å²) in [7, 11) is 0. The van der Waals surface area contributed by atoms with E-state index < -0.39 is 0 Å². The molecule has 0 aliphatic heterocycles. The third-order valence-corrected chi connectivity index (χ3v) is 2.37. The molecule has 0 aliphatic rings. The molecule has 1 aromatic carbocycles. The molecule has 72 valence electrons. The van der Waals surface area contributed by atoms with E-state index in [0.717, 1.165) is 23.0 Å². The van der Waals surface area contributed by atoms with Gasteiger partial charge in [-0.1, -0.05) is 19.1 Å². The van der Waals surface area contributed by atoms with Gasteiger partial charge < -0.3 is 5.73 Å². The predicted molar refractivity (Wildman–Crippen MR) is 56.8 cm³/mol. The summed E-state index contributed by atoms with van der Waals surface area (Å²) in [6.45, 7) is 2.07. The summed E-state index contributed by atoms with van der Waals surface area (Å²) >= 11 is 0. The number of aromatic nitrogens is 2. The molecule has 0 aliphatic carbocycles. The van der Waals surface area contributed by atoms with Gasteiger partial charge >= 0.3 is 0 Å². The number of benzene rings is 1. The number of nitrogens with two attached hydrogens (primary N) is 1. The summed E-state index contributed by atoms with van der Waals surface area (Å²) in [5, 5.41) is 0. The van der Waals surface area contributed by atoms with Crippen molar-refractivity contribution in [1.29, 1.82) is 0 Å². The zero-order valence-electron chi connectivity index (χ0n) is 8.14. The largest absolute Gasteiger partial charge is 0.324 e. The summed E-state index contributed by atoms with van der Waals surface area (Å²) in [6, 6.07) is 6.00. The number of nitrogens with zero attached hydrogens (tertiary/aromatic N) is 2. The Balaban J connectivity index is 2.65. The number of hydrogen-bond acceptors (Lipinski definition) is 3. The Hall–Kier alpha value is -1.48. The van der Waals surface area contributed by atoms with E-state index in [2.05, 4.69) is 16.9 Å². The number of fused-ring (bicyclic) bond motifs is 1. The number of rotatable bonds is 2. The molecule has 0 unspecified atom stereocenters. The Labute approximate surface area is 83.0 Å². The Kier molecular flexibility index (Phi) is 2.41. The molecule has 0 radical (unpaired) electrons. The van der Waals surface area contributed by atoms with Gasteiger partial charge in [-0.2, -0.15) is 0 Å². The van der Waals surface area contributed by atoms with Gasteiger partial charge in [0.1, 0.15) is 0 Å². The van der Waals surface area contributed by atoms with Crippen LogP contribution in [0, 0.1) is 0 Å². The quantitative estimate of drug-likeness (QED) is 0.782. The molecular formula is C11H13N3. The SMILES string of the molecule is CC[C@H](N)c1cccc2nccnc12. The Morgan fingerprint density at radius 1 is 1.29 bits per heavy atom. The first-order chi connectivity index (χ1) is 6.83. The van der Waals surface area contributed by atoms with E-state index in [1.807, 2.05) is 18.2 Å². The molecule has 1 atom stereocenters. The highest BCUT2D eigenvalue weighted by atomic mass is 14.8. The van der Waals surface area contributed by atoms with Crippen molar-refractivity contribution >= 4 is 11.0 Å². The Morgan fingerprint density at radius 2 is 2.07 bits per heavy atom. The van der Waals surface area contributed by atoms with Crippen molar-refractivity contribution in [1.82, 2.24) is 9.97 Å². The van der Waals surface area contributed by atoms with Crippen LogP contribution in [0.25, 0.3) is 11.0 Å². The van der Waals surface area contributed by atoms with Gasteiger partial charge in [0.25, 0.3) is 0 Å². The van der Waals surface area contributed by atoms with Gasteiger partial charge in [0, 0.05) is 18.4 Å². The van der Waals surface area contributed by atoms with Crippen LogP contribution in [0.5, 0.6) is 0 Å². The molecule has 0 saturated heterocycles. The lowest BCUT2D eigenvalue weighted by molar-refractivity contribution is 0.702. The van der Waals surface area contributed by atoms with Gasteiger partial charge in [0.2, 0.25) is 0 Å². The first-order valence-electron chi connectivity index (χ1n) is 4.78. The van der Waals surface area contributed by atoms with Crippen molar-refractivity contribution in [2.24, 2.45) is 5.73 Å². The van der Waals surface area contributed by atoms with Gasteiger partial charge in [0.05, 0.1) is 11.0 Å². The predicted octanol–water partition coefficient (Wildman–Crippen LogP) is 2.04. The summed E-state index contributed by atoms with van der Waals surface area (Å²) in [6.07, 6.45) is 4.31. The van der Waals surface area contributed by atoms with E-state index in [1.54, 1.807) is 12.4 Å². The zero-order chi connectivity index (χ0) is 9.97. The molecule has 0 spiro atoms. The molecule has 2 rings (SSSR count). The van der Waals surface area contributed by atoms with Gasteiger partial charge in [-0.3, -0.25) is 9.97 Å². The Morgan fingerprint density at radius 3 is 2.86 bits per heavy atom. The fourth-order valence-electron chi connectivity index (χ4n) is 1.53. The second kappa shape index (κ2) is 3.72.